The zero-order valence-electron chi connectivity index (χ0n) is 11.7. The summed E-state index contributed by atoms with van der Waals surface area (Å²) in [6.07, 6.45) is 15.9. The Morgan fingerprint density at radius 1 is 0.667 bits per heavy atom. The molecule has 18 heavy (non-hydrogen) atoms. The second-order valence-corrected chi connectivity index (χ2v) is 5.69. The molecular formula is C15H29BrO2. The minimum atomic E-state index is 0.540. The third kappa shape index (κ3) is 16.0. The summed E-state index contributed by atoms with van der Waals surface area (Å²) >= 11 is 3.46. The van der Waals surface area contributed by atoms with E-state index >= 15 is 0 Å². The van der Waals surface area contributed by atoms with Crippen molar-refractivity contribution in [1.29, 1.82) is 0 Å². The Morgan fingerprint density at radius 2 is 1.06 bits per heavy atom. The molecule has 108 valence electrons. The molecule has 0 saturated heterocycles. The average Bonchev–Trinajstić information content (AvgIpc) is 2.39. The molecule has 3 heteroatoms. The van der Waals surface area contributed by atoms with Crippen molar-refractivity contribution >= 4 is 22.4 Å². The summed E-state index contributed by atoms with van der Waals surface area (Å²) in [4.78, 5) is 9.90. The van der Waals surface area contributed by atoms with E-state index in [1.54, 1.807) is 0 Å². The lowest BCUT2D eigenvalue weighted by atomic mass is 10.1. The minimum absolute atomic E-state index is 0.540. The molecule has 0 spiro atoms. The van der Waals surface area contributed by atoms with Gasteiger partial charge in [0.05, 0.1) is 6.61 Å². The van der Waals surface area contributed by atoms with Gasteiger partial charge in [0.2, 0.25) is 0 Å². The number of carbonyl (C=O) groups excluding carboxylic acids is 1. The number of rotatable bonds is 15. The molecule has 0 aliphatic heterocycles. The summed E-state index contributed by atoms with van der Waals surface area (Å²) in [7, 11) is 0. The highest BCUT2D eigenvalue weighted by atomic mass is 79.9. The van der Waals surface area contributed by atoms with E-state index < -0.39 is 0 Å². The molecule has 0 radical (unpaired) electrons. The van der Waals surface area contributed by atoms with E-state index in [1.165, 1.54) is 70.6 Å². The quantitative estimate of drug-likeness (QED) is 0.234. The van der Waals surface area contributed by atoms with Gasteiger partial charge in [0.1, 0.15) is 0 Å². The molecule has 0 unspecified atom stereocenters. The third-order valence-electron chi connectivity index (χ3n) is 3.21. The fourth-order valence-corrected chi connectivity index (χ4v) is 2.49. The maximum Gasteiger partial charge on any atom is 0.293 e. The third-order valence-corrected chi connectivity index (χ3v) is 3.77. The van der Waals surface area contributed by atoms with E-state index in [2.05, 4.69) is 20.7 Å². The first kappa shape index (κ1) is 17.9. The van der Waals surface area contributed by atoms with Gasteiger partial charge in [0.25, 0.3) is 6.47 Å². The van der Waals surface area contributed by atoms with Gasteiger partial charge in [-0.3, -0.25) is 4.79 Å². The highest BCUT2D eigenvalue weighted by Crippen LogP contribution is 2.12. The highest BCUT2D eigenvalue weighted by molar-refractivity contribution is 9.09. The van der Waals surface area contributed by atoms with Gasteiger partial charge in [-0.2, -0.15) is 0 Å². The Morgan fingerprint density at radius 3 is 1.44 bits per heavy atom. The van der Waals surface area contributed by atoms with E-state index in [-0.39, 0.29) is 0 Å². The standard InChI is InChI=1S/C15H29BrO2/c16-13-11-9-7-5-3-1-2-4-6-8-10-12-14-18-15-17/h15H,1-14H2. The predicted octanol–water partition coefficient (Wildman–Crippen LogP) is 5.24. The highest BCUT2D eigenvalue weighted by Gasteiger charge is 1.93. The van der Waals surface area contributed by atoms with Gasteiger partial charge in [0.15, 0.2) is 0 Å². The lowest BCUT2D eigenvalue weighted by molar-refractivity contribution is -0.128. The second kappa shape index (κ2) is 16.9. The molecule has 0 aromatic heterocycles. The van der Waals surface area contributed by atoms with E-state index in [1.807, 2.05) is 0 Å². The Bertz CT molecular complexity index is 163. The lowest BCUT2D eigenvalue weighted by Crippen LogP contribution is -1.91. The Balaban J connectivity index is 2.88. The smallest absolute Gasteiger partial charge is 0.293 e. The van der Waals surface area contributed by atoms with Crippen molar-refractivity contribution in [3.63, 3.8) is 0 Å². The zero-order valence-corrected chi connectivity index (χ0v) is 13.3. The van der Waals surface area contributed by atoms with E-state index in [4.69, 9.17) is 0 Å². The minimum Gasteiger partial charge on any atom is -0.468 e. The molecule has 0 saturated carbocycles. The van der Waals surface area contributed by atoms with Crippen LogP contribution in [0.3, 0.4) is 0 Å². The predicted molar refractivity (Wildman–Crippen MR) is 81.2 cm³/mol. The van der Waals surface area contributed by atoms with Crippen LogP contribution in [-0.4, -0.2) is 18.4 Å². The van der Waals surface area contributed by atoms with Crippen LogP contribution in [0.4, 0.5) is 0 Å². The summed E-state index contributed by atoms with van der Waals surface area (Å²) in [5.41, 5.74) is 0. The van der Waals surface area contributed by atoms with E-state index in [9.17, 15) is 4.79 Å². The van der Waals surface area contributed by atoms with Crippen LogP contribution in [0.5, 0.6) is 0 Å². The molecule has 0 bridgehead atoms. The maximum absolute atomic E-state index is 9.90. The SMILES string of the molecule is O=COCCCCCCCCCCCCCCBr. The first-order chi connectivity index (χ1) is 8.91. The molecule has 0 aromatic carbocycles. The van der Waals surface area contributed by atoms with Crippen molar-refractivity contribution in [2.45, 2.75) is 77.0 Å². The molecule has 0 aliphatic carbocycles. The fraction of sp³-hybridized carbons (Fsp3) is 0.933. The van der Waals surface area contributed by atoms with Crippen LogP contribution >= 0.6 is 15.9 Å². The Labute approximate surface area is 121 Å². The first-order valence-corrected chi connectivity index (χ1v) is 8.65. The molecule has 0 amide bonds. The van der Waals surface area contributed by atoms with Gasteiger partial charge in [-0.05, 0) is 12.8 Å². The number of hydrogen-bond donors (Lipinski definition) is 0. The normalized spacial score (nSPS) is 10.5. The number of carbonyl (C=O) groups is 1. The first-order valence-electron chi connectivity index (χ1n) is 7.53. The number of alkyl halides is 1. The molecular weight excluding hydrogens is 292 g/mol. The summed E-state index contributed by atoms with van der Waals surface area (Å²) in [6, 6.07) is 0. The molecule has 0 fully saturated rings. The summed E-state index contributed by atoms with van der Waals surface area (Å²) in [5.74, 6) is 0. The Hall–Kier alpha value is -0.0500. The van der Waals surface area contributed by atoms with Crippen LogP contribution in [0.15, 0.2) is 0 Å². The lowest BCUT2D eigenvalue weighted by Gasteiger charge is -2.02. The summed E-state index contributed by atoms with van der Waals surface area (Å²) in [5, 5.41) is 1.16. The van der Waals surface area contributed by atoms with Gasteiger partial charge < -0.3 is 4.74 Å². The molecule has 0 aromatic rings. The van der Waals surface area contributed by atoms with Crippen LogP contribution in [0.2, 0.25) is 0 Å². The molecule has 0 N–H and O–H groups in total. The van der Waals surface area contributed by atoms with Crippen molar-refractivity contribution in [3.05, 3.63) is 0 Å². The van der Waals surface area contributed by atoms with Crippen LogP contribution in [0.1, 0.15) is 77.0 Å². The molecule has 0 rings (SSSR count). The van der Waals surface area contributed by atoms with Crippen molar-refractivity contribution in [1.82, 2.24) is 0 Å². The summed E-state index contributed by atoms with van der Waals surface area (Å²) in [6.45, 7) is 1.13. The van der Waals surface area contributed by atoms with Crippen molar-refractivity contribution in [2.24, 2.45) is 0 Å². The Kier molecular flexibility index (Phi) is 16.9. The molecule has 0 atom stereocenters. The van der Waals surface area contributed by atoms with Crippen LogP contribution in [0, 0.1) is 0 Å². The molecule has 2 nitrogen and oxygen atoms in total. The number of ether oxygens (including phenoxy) is 1. The van der Waals surface area contributed by atoms with Gasteiger partial charge in [-0.25, -0.2) is 0 Å². The average molecular weight is 321 g/mol. The number of unbranched alkanes of at least 4 members (excludes halogenated alkanes) is 11. The van der Waals surface area contributed by atoms with Gasteiger partial charge in [0, 0.05) is 5.33 Å². The van der Waals surface area contributed by atoms with E-state index in [0.29, 0.717) is 13.1 Å². The van der Waals surface area contributed by atoms with Gasteiger partial charge >= 0.3 is 0 Å². The maximum atomic E-state index is 9.90. The fourth-order valence-electron chi connectivity index (χ4n) is 2.10. The van der Waals surface area contributed by atoms with Gasteiger partial charge in [-0.15, -0.1) is 0 Å². The van der Waals surface area contributed by atoms with Gasteiger partial charge in [-0.1, -0.05) is 80.1 Å². The largest absolute Gasteiger partial charge is 0.468 e. The molecule has 0 heterocycles. The van der Waals surface area contributed by atoms with Crippen molar-refractivity contribution in [3.8, 4) is 0 Å². The summed E-state index contributed by atoms with van der Waals surface area (Å²) < 4.78 is 4.65. The van der Waals surface area contributed by atoms with Crippen LogP contribution in [0.25, 0.3) is 0 Å². The van der Waals surface area contributed by atoms with Crippen LogP contribution in [-0.2, 0) is 9.53 Å². The molecule has 0 aliphatic rings. The number of halogens is 1. The van der Waals surface area contributed by atoms with Crippen LogP contribution < -0.4 is 0 Å². The monoisotopic (exact) mass is 320 g/mol. The number of hydrogen-bond acceptors (Lipinski definition) is 2. The topological polar surface area (TPSA) is 26.3 Å². The second-order valence-electron chi connectivity index (χ2n) is 4.90. The van der Waals surface area contributed by atoms with E-state index in [0.717, 1.165) is 11.8 Å². The van der Waals surface area contributed by atoms with Crippen molar-refractivity contribution in [2.75, 3.05) is 11.9 Å². The zero-order chi connectivity index (χ0) is 13.3. The van der Waals surface area contributed by atoms with Crippen molar-refractivity contribution < 1.29 is 9.53 Å².